The largest absolute Gasteiger partial charge is 0.403 e. The predicted octanol–water partition coefficient (Wildman–Crippen LogP) is 2.28. The molecule has 0 amide bonds. The highest BCUT2D eigenvalue weighted by molar-refractivity contribution is 6.18. The number of halogens is 2. The number of nitrogens with one attached hydrogen (secondary N) is 2. The van der Waals surface area contributed by atoms with E-state index in [1.165, 1.54) is 24.4 Å². The number of hydrogen-bond acceptors (Lipinski definition) is 7. The van der Waals surface area contributed by atoms with E-state index in [1.54, 1.807) is 4.90 Å². The summed E-state index contributed by atoms with van der Waals surface area (Å²) in [5.74, 6) is -0.312. The van der Waals surface area contributed by atoms with E-state index in [0.29, 0.717) is 50.2 Å². The molecule has 166 valence electrons. The van der Waals surface area contributed by atoms with Crippen molar-refractivity contribution < 1.29 is 18.3 Å². The van der Waals surface area contributed by atoms with Crippen molar-refractivity contribution in [2.24, 2.45) is 15.7 Å². The van der Waals surface area contributed by atoms with Crippen molar-refractivity contribution in [3.8, 4) is 0 Å². The van der Waals surface area contributed by atoms with E-state index in [4.69, 9.17) is 15.2 Å². The van der Waals surface area contributed by atoms with Gasteiger partial charge in [-0.25, -0.2) is 18.8 Å². The number of para-hydroxylation sites is 1. The normalized spacial score (nSPS) is 24.6. The van der Waals surface area contributed by atoms with Gasteiger partial charge < -0.3 is 25.8 Å². The highest BCUT2D eigenvalue weighted by Gasteiger charge is 2.37. The lowest BCUT2D eigenvalue weighted by atomic mass is 10.1. The number of nitrogens with zero attached hydrogens (tertiary/aromatic N) is 3. The first-order chi connectivity index (χ1) is 15.1. The van der Waals surface area contributed by atoms with E-state index in [0.717, 1.165) is 12.8 Å². The fourth-order valence-electron chi connectivity index (χ4n) is 3.79. The van der Waals surface area contributed by atoms with Crippen LogP contribution in [0.1, 0.15) is 19.3 Å². The van der Waals surface area contributed by atoms with Gasteiger partial charge in [-0.05, 0) is 31.4 Å². The molecule has 2 saturated heterocycles. The second-order valence-electron chi connectivity index (χ2n) is 7.51. The number of benzene rings is 1. The molecular weight excluding hydrogens is 406 g/mol. The van der Waals surface area contributed by atoms with E-state index in [1.807, 2.05) is 0 Å². The zero-order chi connectivity index (χ0) is 21.8. The summed E-state index contributed by atoms with van der Waals surface area (Å²) < 4.78 is 39.4. The van der Waals surface area contributed by atoms with E-state index >= 15 is 0 Å². The lowest BCUT2D eigenvalue weighted by Crippen LogP contribution is -2.45. The van der Waals surface area contributed by atoms with Gasteiger partial charge in [0.2, 0.25) is 5.96 Å². The average molecular weight is 432 g/mol. The van der Waals surface area contributed by atoms with Gasteiger partial charge in [-0.15, -0.1) is 0 Å². The monoisotopic (exact) mass is 432 g/mol. The van der Waals surface area contributed by atoms with Gasteiger partial charge in [-0.2, -0.15) is 0 Å². The molecule has 0 aromatic heterocycles. The smallest absolute Gasteiger partial charge is 0.210 e. The molecule has 4 N–H and O–H groups in total. The maximum Gasteiger partial charge on any atom is 0.210 e. The highest BCUT2D eigenvalue weighted by atomic mass is 19.1. The molecule has 0 saturated carbocycles. The van der Waals surface area contributed by atoms with E-state index < -0.39 is 11.6 Å². The summed E-state index contributed by atoms with van der Waals surface area (Å²) in [5.41, 5.74) is 5.90. The molecule has 3 heterocycles. The zero-order valence-electron chi connectivity index (χ0n) is 17.1. The molecule has 4 rings (SSSR count). The van der Waals surface area contributed by atoms with Crippen LogP contribution in [0, 0.1) is 11.6 Å². The summed E-state index contributed by atoms with van der Waals surface area (Å²) in [4.78, 5) is 10.9. The van der Waals surface area contributed by atoms with Crippen LogP contribution in [-0.4, -0.2) is 55.2 Å². The fourth-order valence-corrected chi connectivity index (χ4v) is 3.79. The van der Waals surface area contributed by atoms with Crippen molar-refractivity contribution in [2.45, 2.75) is 31.3 Å². The SMILES string of the molecule is C=C(/N=C1\C(=C/N)N=C(Nc2c(F)cccc2F)N1C1CCOC1)NC1CCOCC1. The molecule has 3 aliphatic heterocycles. The molecule has 1 aromatic carbocycles. The van der Waals surface area contributed by atoms with E-state index in [-0.39, 0.29) is 23.7 Å². The van der Waals surface area contributed by atoms with Crippen LogP contribution in [0.15, 0.2) is 52.5 Å². The van der Waals surface area contributed by atoms with Gasteiger partial charge in [0.15, 0.2) is 5.84 Å². The lowest BCUT2D eigenvalue weighted by molar-refractivity contribution is 0.0803. The third kappa shape index (κ3) is 4.70. The molecule has 0 spiro atoms. The molecule has 10 heteroatoms. The number of aliphatic imine (C=N–C) groups is 2. The third-order valence-electron chi connectivity index (χ3n) is 5.37. The fraction of sp³-hybridized carbons (Fsp3) is 0.429. The standard InChI is InChI=1S/C21H26F2N6O2/c1-13(25-14-5-8-30-9-6-14)26-20-18(11-24)27-21(29(20)15-7-10-31-12-15)28-19-16(22)3-2-4-17(19)23/h2-4,11,14-15,25H,1,5-10,12,24H2,(H,27,28)/b18-11+,26-20+. The Labute approximate surface area is 179 Å². The molecule has 0 radical (unpaired) electrons. The molecule has 1 aromatic rings. The maximum absolute atomic E-state index is 14.3. The number of hydrogen-bond donors (Lipinski definition) is 3. The number of rotatable bonds is 5. The van der Waals surface area contributed by atoms with Crippen LogP contribution >= 0.6 is 0 Å². The van der Waals surface area contributed by atoms with Gasteiger partial charge in [0.05, 0.1) is 12.6 Å². The minimum atomic E-state index is -0.723. The summed E-state index contributed by atoms with van der Waals surface area (Å²) in [6, 6.07) is 3.76. The predicted molar refractivity (Wildman–Crippen MR) is 114 cm³/mol. The minimum absolute atomic E-state index is 0.117. The second-order valence-corrected chi connectivity index (χ2v) is 7.51. The zero-order valence-corrected chi connectivity index (χ0v) is 17.1. The molecule has 1 unspecified atom stereocenters. The molecule has 1 atom stereocenters. The Morgan fingerprint density at radius 1 is 1.19 bits per heavy atom. The first kappa shape index (κ1) is 21.3. The minimum Gasteiger partial charge on any atom is -0.403 e. The Morgan fingerprint density at radius 3 is 2.55 bits per heavy atom. The van der Waals surface area contributed by atoms with Gasteiger partial charge in [-0.1, -0.05) is 12.6 Å². The van der Waals surface area contributed by atoms with Crippen LogP contribution in [0.4, 0.5) is 14.5 Å². The number of nitrogens with two attached hydrogens (primary N) is 1. The van der Waals surface area contributed by atoms with Crippen LogP contribution in [0.2, 0.25) is 0 Å². The van der Waals surface area contributed by atoms with Gasteiger partial charge >= 0.3 is 0 Å². The topological polar surface area (TPSA) is 96.5 Å². The van der Waals surface area contributed by atoms with Crippen molar-refractivity contribution in [2.75, 3.05) is 31.7 Å². The molecular formula is C21H26F2N6O2. The lowest BCUT2D eigenvalue weighted by Gasteiger charge is -2.28. The molecule has 2 fully saturated rings. The van der Waals surface area contributed by atoms with Crippen molar-refractivity contribution in [3.05, 3.63) is 54.1 Å². The quantitative estimate of drug-likeness (QED) is 0.661. The summed E-state index contributed by atoms with van der Waals surface area (Å²) in [5, 5.41) is 6.08. The van der Waals surface area contributed by atoms with Gasteiger partial charge in [0.25, 0.3) is 0 Å². The van der Waals surface area contributed by atoms with Crippen molar-refractivity contribution in [1.82, 2.24) is 10.2 Å². The van der Waals surface area contributed by atoms with Crippen molar-refractivity contribution >= 4 is 17.5 Å². The summed E-state index contributed by atoms with van der Waals surface area (Å²) >= 11 is 0. The summed E-state index contributed by atoms with van der Waals surface area (Å²) in [6.07, 6.45) is 3.74. The first-order valence-electron chi connectivity index (χ1n) is 10.3. The molecule has 3 aliphatic rings. The number of amidine groups is 1. The summed E-state index contributed by atoms with van der Waals surface area (Å²) in [6.45, 7) is 6.39. The van der Waals surface area contributed by atoms with Gasteiger partial charge in [-0.3, -0.25) is 4.90 Å². The highest BCUT2D eigenvalue weighted by Crippen LogP contribution is 2.27. The molecule has 8 nitrogen and oxygen atoms in total. The second kappa shape index (κ2) is 9.44. The Hall–Kier alpha value is -2.98. The van der Waals surface area contributed by atoms with Crippen LogP contribution in [0.3, 0.4) is 0 Å². The number of ether oxygens (including phenoxy) is 2. The first-order valence-corrected chi connectivity index (χ1v) is 10.3. The van der Waals surface area contributed by atoms with E-state index in [2.05, 4.69) is 27.2 Å². The van der Waals surface area contributed by atoms with E-state index in [9.17, 15) is 8.78 Å². The van der Waals surface area contributed by atoms with Crippen molar-refractivity contribution in [3.63, 3.8) is 0 Å². The van der Waals surface area contributed by atoms with Gasteiger partial charge in [0.1, 0.15) is 28.8 Å². The van der Waals surface area contributed by atoms with Crippen LogP contribution < -0.4 is 16.4 Å². The number of guanidine groups is 1. The van der Waals surface area contributed by atoms with Gasteiger partial charge in [0, 0.05) is 32.1 Å². The third-order valence-corrected chi connectivity index (χ3v) is 5.37. The Balaban J connectivity index is 1.62. The van der Waals surface area contributed by atoms with Crippen LogP contribution in [-0.2, 0) is 9.47 Å². The molecule has 0 aliphatic carbocycles. The molecule has 0 bridgehead atoms. The van der Waals surface area contributed by atoms with Crippen molar-refractivity contribution in [1.29, 1.82) is 0 Å². The van der Waals surface area contributed by atoms with Crippen LogP contribution in [0.5, 0.6) is 0 Å². The number of anilines is 1. The Kier molecular flexibility index (Phi) is 6.47. The average Bonchev–Trinajstić information content (AvgIpc) is 3.39. The summed E-state index contributed by atoms with van der Waals surface area (Å²) in [7, 11) is 0. The van der Waals surface area contributed by atoms with Crippen LogP contribution in [0.25, 0.3) is 0 Å². The Morgan fingerprint density at radius 2 is 1.90 bits per heavy atom. The molecule has 31 heavy (non-hydrogen) atoms. The maximum atomic E-state index is 14.3. The Bertz CT molecular complexity index is 900.